The number of aromatic nitrogens is 2. The minimum atomic E-state index is 0. The van der Waals surface area contributed by atoms with E-state index in [-0.39, 0.29) is 24.9 Å². The van der Waals surface area contributed by atoms with Gasteiger partial charge in [0.25, 0.3) is 5.91 Å². The van der Waals surface area contributed by atoms with Crippen molar-refractivity contribution in [1.29, 1.82) is 0 Å². The van der Waals surface area contributed by atoms with Crippen LogP contribution in [0.15, 0.2) is 28.8 Å². The van der Waals surface area contributed by atoms with E-state index in [4.69, 9.17) is 9.26 Å². The van der Waals surface area contributed by atoms with Crippen molar-refractivity contribution >= 4 is 18.3 Å². The summed E-state index contributed by atoms with van der Waals surface area (Å²) in [6.07, 6.45) is 2.81. The molecule has 1 N–H and O–H groups in total. The summed E-state index contributed by atoms with van der Waals surface area (Å²) >= 11 is 0. The molecule has 3 rings (SSSR count). The Labute approximate surface area is 165 Å². The summed E-state index contributed by atoms with van der Waals surface area (Å²) in [5.74, 6) is 2.55. The van der Waals surface area contributed by atoms with Gasteiger partial charge in [-0.05, 0) is 56.6 Å². The van der Waals surface area contributed by atoms with E-state index in [0.717, 1.165) is 32.5 Å². The van der Waals surface area contributed by atoms with Gasteiger partial charge < -0.3 is 19.5 Å². The van der Waals surface area contributed by atoms with Gasteiger partial charge in [-0.2, -0.15) is 4.98 Å². The largest absolute Gasteiger partial charge is 0.485 e. The molecule has 1 aromatic heterocycles. The fourth-order valence-electron chi connectivity index (χ4n) is 3.15. The molecule has 27 heavy (non-hydrogen) atoms. The number of likely N-dealkylation sites (tertiary alicyclic amines) is 1. The van der Waals surface area contributed by atoms with E-state index in [0.29, 0.717) is 35.4 Å². The highest BCUT2D eigenvalue weighted by atomic mass is 35.5. The highest BCUT2D eigenvalue weighted by molar-refractivity contribution is 5.94. The van der Waals surface area contributed by atoms with Crippen molar-refractivity contribution < 1.29 is 14.1 Å². The Bertz CT molecular complexity index is 712. The lowest BCUT2D eigenvalue weighted by Crippen LogP contribution is -2.40. The van der Waals surface area contributed by atoms with Crippen molar-refractivity contribution in [2.24, 2.45) is 5.92 Å². The zero-order valence-electron chi connectivity index (χ0n) is 15.8. The molecule has 0 radical (unpaired) electrons. The number of ether oxygens (including phenoxy) is 1. The second-order valence-electron chi connectivity index (χ2n) is 6.56. The van der Waals surface area contributed by atoms with Gasteiger partial charge in [0.2, 0.25) is 11.7 Å². The third-order valence-electron chi connectivity index (χ3n) is 4.68. The van der Waals surface area contributed by atoms with Crippen LogP contribution >= 0.6 is 12.4 Å². The Balaban J connectivity index is 0.00000261. The molecular weight excluding hydrogens is 368 g/mol. The number of aryl methyl sites for hydroxylation is 1. The van der Waals surface area contributed by atoms with E-state index < -0.39 is 0 Å². The molecule has 0 spiro atoms. The Hall–Kier alpha value is -2.12. The van der Waals surface area contributed by atoms with Crippen LogP contribution in [-0.4, -0.2) is 47.6 Å². The standard InChI is InChI=1S/C19H26N4O3.ClH/c1-3-18-21-17(22-26-18)13-25-16-6-4-15(5-7-16)19(24)23-10-8-14(9-11-23)12-20-2;/h4-7,14,20H,3,8-13H2,1-2H3;1H. The number of piperidine rings is 1. The van der Waals surface area contributed by atoms with Gasteiger partial charge in [0.1, 0.15) is 5.75 Å². The average Bonchev–Trinajstić information content (AvgIpc) is 3.15. The predicted molar refractivity (Wildman–Crippen MR) is 104 cm³/mol. The van der Waals surface area contributed by atoms with E-state index in [2.05, 4.69) is 15.5 Å². The number of rotatable bonds is 7. The number of carbonyl (C=O) groups is 1. The molecule has 2 aromatic rings. The second kappa shape index (κ2) is 10.3. The first kappa shape index (κ1) is 21.2. The molecule has 2 heterocycles. The summed E-state index contributed by atoms with van der Waals surface area (Å²) in [4.78, 5) is 18.8. The number of amides is 1. The monoisotopic (exact) mass is 394 g/mol. The fraction of sp³-hybridized carbons (Fsp3) is 0.526. The summed E-state index contributed by atoms with van der Waals surface area (Å²) in [6, 6.07) is 7.24. The van der Waals surface area contributed by atoms with Crippen LogP contribution in [0, 0.1) is 5.92 Å². The summed E-state index contributed by atoms with van der Waals surface area (Å²) < 4.78 is 10.7. The fourth-order valence-corrected chi connectivity index (χ4v) is 3.15. The Morgan fingerprint density at radius 1 is 1.30 bits per heavy atom. The topological polar surface area (TPSA) is 80.5 Å². The predicted octanol–water partition coefficient (Wildman–Crippen LogP) is 2.70. The van der Waals surface area contributed by atoms with E-state index in [1.165, 1.54) is 0 Å². The number of nitrogens with zero attached hydrogens (tertiary/aromatic N) is 3. The molecule has 1 aromatic carbocycles. The van der Waals surface area contributed by atoms with E-state index >= 15 is 0 Å². The molecular formula is C19H27ClN4O3. The highest BCUT2D eigenvalue weighted by Gasteiger charge is 2.23. The van der Waals surface area contributed by atoms with Crippen LogP contribution in [0.4, 0.5) is 0 Å². The maximum atomic E-state index is 12.6. The SMILES string of the molecule is CCc1nc(COc2ccc(C(=O)N3CCC(CNC)CC3)cc2)no1.Cl. The summed E-state index contributed by atoms with van der Waals surface area (Å²) in [6.45, 7) is 4.86. The normalized spacial score (nSPS) is 14.7. The van der Waals surface area contributed by atoms with Crippen LogP contribution in [0.2, 0.25) is 0 Å². The number of hydrogen-bond acceptors (Lipinski definition) is 6. The highest BCUT2D eigenvalue weighted by Crippen LogP contribution is 2.20. The molecule has 0 unspecified atom stereocenters. The van der Waals surface area contributed by atoms with Gasteiger partial charge in [0.15, 0.2) is 6.61 Å². The Morgan fingerprint density at radius 2 is 2.00 bits per heavy atom. The Kier molecular flexibility index (Phi) is 8.06. The van der Waals surface area contributed by atoms with Crippen molar-refractivity contribution in [3.63, 3.8) is 0 Å². The smallest absolute Gasteiger partial charge is 0.253 e. The van der Waals surface area contributed by atoms with Crippen molar-refractivity contribution in [2.45, 2.75) is 32.8 Å². The minimum absolute atomic E-state index is 0. The molecule has 1 fully saturated rings. The molecule has 0 atom stereocenters. The van der Waals surface area contributed by atoms with Gasteiger partial charge in [-0.15, -0.1) is 12.4 Å². The van der Waals surface area contributed by atoms with Crippen molar-refractivity contribution in [3.8, 4) is 5.75 Å². The number of nitrogens with one attached hydrogen (secondary N) is 1. The van der Waals surface area contributed by atoms with Crippen LogP contribution in [0.25, 0.3) is 0 Å². The third kappa shape index (κ3) is 5.68. The van der Waals surface area contributed by atoms with Crippen LogP contribution in [-0.2, 0) is 13.0 Å². The van der Waals surface area contributed by atoms with Gasteiger partial charge >= 0.3 is 0 Å². The average molecular weight is 395 g/mol. The van der Waals surface area contributed by atoms with Gasteiger partial charge in [0, 0.05) is 25.1 Å². The zero-order valence-corrected chi connectivity index (χ0v) is 16.6. The minimum Gasteiger partial charge on any atom is -0.485 e. The zero-order chi connectivity index (χ0) is 18.4. The van der Waals surface area contributed by atoms with Gasteiger partial charge in [0.05, 0.1) is 0 Å². The second-order valence-corrected chi connectivity index (χ2v) is 6.56. The summed E-state index contributed by atoms with van der Waals surface area (Å²) in [5, 5.41) is 7.07. The van der Waals surface area contributed by atoms with Crippen molar-refractivity contribution in [2.75, 3.05) is 26.7 Å². The van der Waals surface area contributed by atoms with Crippen LogP contribution < -0.4 is 10.1 Å². The molecule has 8 heteroatoms. The molecule has 0 saturated carbocycles. The number of benzene rings is 1. The van der Waals surface area contributed by atoms with Crippen molar-refractivity contribution in [1.82, 2.24) is 20.4 Å². The first-order valence-electron chi connectivity index (χ1n) is 9.17. The molecule has 0 bridgehead atoms. The molecule has 148 valence electrons. The van der Waals surface area contributed by atoms with E-state index in [1.54, 1.807) is 0 Å². The number of halogens is 1. The third-order valence-corrected chi connectivity index (χ3v) is 4.68. The quantitative estimate of drug-likeness (QED) is 0.777. The van der Waals surface area contributed by atoms with Crippen LogP contribution in [0.5, 0.6) is 5.75 Å². The summed E-state index contributed by atoms with van der Waals surface area (Å²) in [7, 11) is 1.97. The van der Waals surface area contributed by atoms with Gasteiger partial charge in [-0.1, -0.05) is 12.1 Å². The van der Waals surface area contributed by atoms with E-state index in [9.17, 15) is 4.79 Å². The first-order chi connectivity index (χ1) is 12.7. The van der Waals surface area contributed by atoms with E-state index in [1.807, 2.05) is 43.1 Å². The Morgan fingerprint density at radius 3 is 2.59 bits per heavy atom. The molecule has 1 aliphatic heterocycles. The lowest BCUT2D eigenvalue weighted by atomic mass is 9.96. The summed E-state index contributed by atoms with van der Waals surface area (Å²) in [5.41, 5.74) is 0.692. The molecule has 7 nitrogen and oxygen atoms in total. The molecule has 1 aliphatic rings. The first-order valence-corrected chi connectivity index (χ1v) is 9.17. The van der Waals surface area contributed by atoms with Crippen LogP contribution in [0.1, 0.15) is 41.8 Å². The lowest BCUT2D eigenvalue weighted by molar-refractivity contribution is 0.0691. The maximum absolute atomic E-state index is 12.6. The lowest BCUT2D eigenvalue weighted by Gasteiger charge is -2.32. The molecule has 1 amide bonds. The number of carbonyl (C=O) groups excluding carboxylic acids is 1. The van der Waals surface area contributed by atoms with Gasteiger partial charge in [-0.3, -0.25) is 4.79 Å². The number of hydrogen-bond donors (Lipinski definition) is 1. The molecule has 0 aliphatic carbocycles. The van der Waals surface area contributed by atoms with Crippen LogP contribution in [0.3, 0.4) is 0 Å². The van der Waals surface area contributed by atoms with Crippen molar-refractivity contribution in [3.05, 3.63) is 41.5 Å². The van der Waals surface area contributed by atoms with Gasteiger partial charge in [-0.25, -0.2) is 0 Å². The molecule has 1 saturated heterocycles. The maximum Gasteiger partial charge on any atom is 0.253 e.